The molecule has 0 atom stereocenters. The number of nitrogens with zero attached hydrogens (tertiary/aromatic N) is 1. The zero-order valence-electron chi connectivity index (χ0n) is 28.9. The molecule has 3 nitrogen and oxygen atoms in total. The van der Waals surface area contributed by atoms with Crippen molar-refractivity contribution >= 4 is 114 Å². The van der Waals surface area contributed by atoms with Gasteiger partial charge in [0.1, 0.15) is 22.3 Å². The Labute approximate surface area is 313 Å². The third-order valence-electron chi connectivity index (χ3n) is 11.1. The maximum atomic E-state index is 6.62. The fourth-order valence-electron chi connectivity index (χ4n) is 8.59. The van der Waals surface area contributed by atoms with Crippen LogP contribution in [0, 0.1) is 0 Å². The van der Waals surface area contributed by atoms with Crippen LogP contribution >= 0.6 is 11.3 Å². The van der Waals surface area contributed by atoms with Gasteiger partial charge in [0.2, 0.25) is 0 Å². The van der Waals surface area contributed by atoms with Crippen LogP contribution in [-0.2, 0) is 0 Å². The van der Waals surface area contributed by atoms with Crippen LogP contribution in [0.1, 0.15) is 0 Å². The Kier molecular flexibility index (Phi) is 6.21. The van der Waals surface area contributed by atoms with E-state index in [0.29, 0.717) is 0 Å². The summed E-state index contributed by atoms with van der Waals surface area (Å²) in [4.78, 5) is 2.39. The SMILES string of the molecule is c1ccc2c(-c3ccc(N(c4ccc5c(c4)oc4ccc6ccccc6c45)c4cccc5c4sc4c5ccc5oc6ccccc6c54)cc3)cccc2c1. The first-order valence-electron chi connectivity index (χ1n) is 18.2. The standard InChI is InChI=1S/C50H29NO2S/c1-3-12-35-30(9-1)11-7-15-36(35)32-19-22-33(23-20-32)51(34-24-25-41-46(29-34)53-44-27-21-31-10-2-4-13-37(31)47(41)44)42-17-8-16-38-39-26-28-45-48(50(39)54-49(38)42)40-14-5-6-18-43(40)52-45/h1-29H. The van der Waals surface area contributed by atoms with Gasteiger partial charge in [-0.15, -0.1) is 11.3 Å². The summed E-state index contributed by atoms with van der Waals surface area (Å²) < 4.78 is 15.4. The molecule has 0 amide bonds. The van der Waals surface area contributed by atoms with Crippen LogP contribution in [0.4, 0.5) is 17.1 Å². The Balaban J connectivity index is 1.10. The van der Waals surface area contributed by atoms with Gasteiger partial charge in [0, 0.05) is 54.5 Å². The average molecular weight is 708 g/mol. The van der Waals surface area contributed by atoms with Crippen molar-refractivity contribution in [1.29, 1.82) is 0 Å². The second-order valence-electron chi connectivity index (χ2n) is 14.0. The van der Waals surface area contributed by atoms with Gasteiger partial charge in [-0.25, -0.2) is 0 Å². The minimum absolute atomic E-state index is 0.867. The van der Waals surface area contributed by atoms with E-state index in [4.69, 9.17) is 8.83 Å². The Morgan fingerprint density at radius 2 is 0.981 bits per heavy atom. The molecule has 3 heterocycles. The van der Waals surface area contributed by atoms with E-state index in [9.17, 15) is 0 Å². The van der Waals surface area contributed by atoms with Crippen molar-refractivity contribution in [2.45, 2.75) is 0 Å². The number of anilines is 3. The smallest absolute Gasteiger partial charge is 0.137 e. The third-order valence-corrected chi connectivity index (χ3v) is 12.3. The van der Waals surface area contributed by atoms with E-state index in [1.165, 1.54) is 58.2 Å². The predicted octanol–water partition coefficient (Wildman–Crippen LogP) is 15.3. The lowest BCUT2D eigenvalue weighted by atomic mass is 9.98. The van der Waals surface area contributed by atoms with Gasteiger partial charge in [0.05, 0.1) is 10.4 Å². The molecule has 54 heavy (non-hydrogen) atoms. The molecule has 0 aliphatic heterocycles. The number of hydrogen-bond acceptors (Lipinski definition) is 4. The lowest BCUT2D eigenvalue weighted by Gasteiger charge is -2.26. The monoisotopic (exact) mass is 707 g/mol. The third kappa shape index (κ3) is 4.29. The highest BCUT2D eigenvalue weighted by Crippen LogP contribution is 2.49. The molecule has 0 aliphatic carbocycles. The molecule has 0 aliphatic rings. The van der Waals surface area contributed by atoms with Crippen LogP contribution in [0.5, 0.6) is 0 Å². The van der Waals surface area contributed by atoms with Gasteiger partial charge in [-0.3, -0.25) is 0 Å². The molecular formula is C50H29NO2S. The van der Waals surface area contributed by atoms with Gasteiger partial charge in [-0.2, -0.15) is 0 Å². The number of fused-ring (bicyclic) bond motifs is 13. The Morgan fingerprint density at radius 3 is 1.87 bits per heavy atom. The summed E-state index contributed by atoms with van der Waals surface area (Å²) >= 11 is 1.84. The second kappa shape index (κ2) is 11.3. The first kappa shape index (κ1) is 29.7. The summed E-state index contributed by atoms with van der Waals surface area (Å²) in [6.45, 7) is 0. The quantitative estimate of drug-likeness (QED) is 0.182. The van der Waals surface area contributed by atoms with Crippen molar-refractivity contribution in [2.24, 2.45) is 0 Å². The van der Waals surface area contributed by atoms with Crippen LogP contribution in [0.15, 0.2) is 185 Å². The Hall–Kier alpha value is -6.88. The molecule has 0 spiro atoms. The minimum Gasteiger partial charge on any atom is -0.456 e. The number of thiophene rings is 1. The molecule has 252 valence electrons. The van der Waals surface area contributed by atoms with Gasteiger partial charge < -0.3 is 13.7 Å². The van der Waals surface area contributed by atoms with Crippen molar-refractivity contribution in [1.82, 2.24) is 0 Å². The topological polar surface area (TPSA) is 29.5 Å². The summed E-state index contributed by atoms with van der Waals surface area (Å²) in [5.74, 6) is 0. The van der Waals surface area contributed by atoms with Crippen molar-refractivity contribution < 1.29 is 8.83 Å². The van der Waals surface area contributed by atoms with Crippen LogP contribution in [0.3, 0.4) is 0 Å². The van der Waals surface area contributed by atoms with Crippen molar-refractivity contribution in [2.75, 3.05) is 4.90 Å². The zero-order chi connectivity index (χ0) is 35.3. The summed E-state index contributed by atoms with van der Waals surface area (Å²) in [6, 6.07) is 63.0. The van der Waals surface area contributed by atoms with E-state index in [-0.39, 0.29) is 0 Å². The largest absolute Gasteiger partial charge is 0.456 e. The molecular weight excluding hydrogens is 679 g/mol. The maximum Gasteiger partial charge on any atom is 0.137 e. The molecule has 4 heteroatoms. The second-order valence-corrected chi connectivity index (χ2v) is 15.0. The number of benzene rings is 9. The lowest BCUT2D eigenvalue weighted by molar-refractivity contribution is 0.669. The summed E-state index contributed by atoms with van der Waals surface area (Å²) in [5, 5.41) is 12.0. The first-order valence-corrected chi connectivity index (χ1v) is 19.1. The number of para-hydroxylation sites is 1. The van der Waals surface area contributed by atoms with Gasteiger partial charge in [-0.1, -0.05) is 115 Å². The van der Waals surface area contributed by atoms with Crippen molar-refractivity contribution in [3.05, 3.63) is 176 Å². The molecule has 0 bridgehead atoms. The summed E-state index contributed by atoms with van der Waals surface area (Å²) in [5.41, 5.74) is 9.23. The number of furan rings is 2. The lowest BCUT2D eigenvalue weighted by Crippen LogP contribution is -2.10. The maximum absolute atomic E-state index is 6.62. The molecule has 0 fully saturated rings. The Morgan fingerprint density at radius 1 is 0.370 bits per heavy atom. The van der Waals surface area contributed by atoms with Crippen LogP contribution < -0.4 is 4.90 Å². The molecule has 0 radical (unpaired) electrons. The zero-order valence-corrected chi connectivity index (χ0v) is 29.7. The van der Waals surface area contributed by atoms with E-state index in [1.54, 1.807) is 0 Å². The van der Waals surface area contributed by atoms with E-state index in [2.05, 4.69) is 175 Å². The van der Waals surface area contributed by atoms with E-state index < -0.39 is 0 Å². The van der Waals surface area contributed by atoms with Crippen LogP contribution in [-0.4, -0.2) is 0 Å². The Bertz CT molecular complexity index is 3450. The molecule has 0 saturated heterocycles. The van der Waals surface area contributed by atoms with E-state index in [0.717, 1.165) is 55.6 Å². The molecule has 12 aromatic rings. The van der Waals surface area contributed by atoms with Crippen LogP contribution in [0.2, 0.25) is 0 Å². The normalized spacial score (nSPS) is 12.1. The highest BCUT2D eigenvalue weighted by molar-refractivity contribution is 7.27. The van der Waals surface area contributed by atoms with Crippen LogP contribution in [0.25, 0.3) is 96.7 Å². The fourth-order valence-corrected chi connectivity index (χ4v) is 9.95. The average Bonchev–Trinajstić information content (AvgIpc) is 3.92. The number of rotatable bonds is 4. The van der Waals surface area contributed by atoms with Crippen molar-refractivity contribution in [3.63, 3.8) is 0 Å². The summed E-state index contributed by atoms with van der Waals surface area (Å²) in [7, 11) is 0. The predicted molar refractivity (Wildman–Crippen MR) is 229 cm³/mol. The van der Waals surface area contributed by atoms with Gasteiger partial charge in [0.15, 0.2) is 0 Å². The fraction of sp³-hybridized carbons (Fsp3) is 0. The minimum atomic E-state index is 0.867. The van der Waals surface area contributed by atoms with E-state index in [1.807, 2.05) is 17.4 Å². The summed E-state index contributed by atoms with van der Waals surface area (Å²) in [6.07, 6.45) is 0. The molecule has 0 saturated carbocycles. The highest BCUT2D eigenvalue weighted by Gasteiger charge is 2.22. The van der Waals surface area contributed by atoms with Gasteiger partial charge >= 0.3 is 0 Å². The van der Waals surface area contributed by atoms with Gasteiger partial charge in [0.25, 0.3) is 0 Å². The highest BCUT2D eigenvalue weighted by atomic mass is 32.1. The van der Waals surface area contributed by atoms with Gasteiger partial charge in [-0.05, 0) is 87.3 Å². The molecule has 9 aromatic carbocycles. The first-order chi connectivity index (χ1) is 26.8. The molecule has 12 rings (SSSR count). The van der Waals surface area contributed by atoms with Crippen molar-refractivity contribution in [3.8, 4) is 11.1 Å². The van der Waals surface area contributed by atoms with E-state index >= 15 is 0 Å². The molecule has 0 N–H and O–H groups in total. The number of hydrogen-bond donors (Lipinski definition) is 0. The molecule has 0 unspecified atom stereocenters. The molecule has 3 aromatic heterocycles.